The summed E-state index contributed by atoms with van der Waals surface area (Å²) >= 11 is 0.953. The van der Waals surface area contributed by atoms with Gasteiger partial charge in [0.05, 0.1) is 24.1 Å². The maximum atomic E-state index is 13.3. The molecule has 4 rings (SSSR count). The lowest BCUT2D eigenvalue weighted by molar-refractivity contribution is -0.137. The highest BCUT2D eigenvalue weighted by atomic mass is 32.1. The van der Waals surface area contributed by atoms with E-state index < -0.39 is 41.4 Å². The molecule has 0 atom stereocenters. The summed E-state index contributed by atoms with van der Waals surface area (Å²) in [7, 11) is 0. The maximum Gasteiger partial charge on any atom is 0.418 e. The van der Waals surface area contributed by atoms with Crippen molar-refractivity contribution in [2.24, 2.45) is 0 Å². The topological polar surface area (TPSA) is 139 Å². The van der Waals surface area contributed by atoms with E-state index in [0.717, 1.165) is 11.3 Å². The van der Waals surface area contributed by atoms with Crippen LogP contribution < -0.4 is 11.2 Å². The molecular formula is C26H27N3O8S. The van der Waals surface area contributed by atoms with Crippen molar-refractivity contribution in [2.45, 2.75) is 53.3 Å². The molecule has 0 aliphatic heterocycles. The first-order chi connectivity index (χ1) is 17.8. The highest BCUT2D eigenvalue weighted by Gasteiger charge is 2.25. The molecule has 12 heteroatoms. The summed E-state index contributed by atoms with van der Waals surface area (Å²) in [6.45, 7) is 7.84. The van der Waals surface area contributed by atoms with Gasteiger partial charge in [0.2, 0.25) is 0 Å². The monoisotopic (exact) mass is 541 g/mol. The van der Waals surface area contributed by atoms with Crippen LogP contribution in [0.1, 0.15) is 48.5 Å². The summed E-state index contributed by atoms with van der Waals surface area (Å²) in [5, 5.41) is 10.1. The van der Waals surface area contributed by atoms with Crippen LogP contribution in [0, 0.1) is 6.92 Å². The van der Waals surface area contributed by atoms with Crippen LogP contribution in [0.2, 0.25) is 0 Å². The number of rotatable bonds is 6. The van der Waals surface area contributed by atoms with Gasteiger partial charge >= 0.3 is 23.7 Å². The van der Waals surface area contributed by atoms with Crippen molar-refractivity contribution < 1.29 is 29.0 Å². The molecule has 0 fully saturated rings. The second-order valence-electron chi connectivity index (χ2n) is 9.67. The van der Waals surface area contributed by atoms with E-state index in [-0.39, 0.29) is 28.2 Å². The number of carboxylic acids is 1. The minimum Gasteiger partial charge on any atom is -0.480 e. The van der Waals surface area contributed by atoms with Crippen LogP contribution in [0.25, 0.3) is 21.1 Å². The second-order valence-corrected chi connectivity index (χ2v) is 10.7. The summed E-state index contributed by atoms with van der Waals surface area (Å²) < 4.78 is 13.9. The smallest absolute Gasteiger partial charge is 0.418 e. The minimum absolute atomic E-state index is 0.00892. The number of ether oxygens (including phenoxy) is 2. The molecule has 0 amide bonds. The first kappa shape index (κ1) is 26.9. The Morgan fingerprint density at radius 1 is 1.08 bits per heavy atom. The van der Waals surface area contributed by atoms with Gasteiger partial charge in [0, 0.05) is 11.6 Å². The number of fused-ring (bicyclic) bond motifs is 2. The Morgan fingerprint density at radius 2 is 1.79 bits per heavy atom. The van der Waals surface area contributed by atoms with Crippen molar-refractivity contribution in [3.05, 3.63) is 67.3 Å². The molecule has 0 saturated heterocycles. The Morgan fingerprint density at radius 3 is 2.42 bits per heavy atom. The van der Waals surface area contributed by atoms with Gasteiger partial charge in [-0.15, -0.1) is 11.3 Å². The average molecular weight is 542 g/mol. The normalized spacial score (nSPS) is 11.7. The molecule has 0 unspecified atom stereocenters. The number of carbonyl (C=O) groups excluding carboxylic acids is 2. The number of carboxylic acid groups (broad SMARTS) is 1. The lowest BCUT2D eigenvalue weighted by Crippen LogP contribution is -2.41. The van der Waals surface area contributed by atoms with Gasteiger partial charge in [0.15, 0.2) is 0 Å². The number of nitrogens with zero attached hydrogens (tertiary/aromatic N) is 3. The van der Waals surface area contributed by atoms with Gasteiger partial charge in [-0.1, -0.05) is 6.07 Å². The number of carbonyl (C=O) groups is 3. The number of esters is 1. The molecule has 3 aromatic heterocycles. The molecule has 200 valence electrons. The molecule has 0 spiro atoms. The highest BCUT2D eigenvalue weighted by molar-refractivity contribution is 7.20. The minimum atomic E-state index is -1.35. The zero-order valence-corrected chi connectivity index (χ0v) is 22.4. The fourth-order valence-corrected chi connectivity index (χ4v) is 5.33. The second kappa shape index (κ2) is 9.93. The zero-order chi connectivity index (χ0) is 27.9. The van der Waals surface area contributed by atoms with Gasteiger partial charge in [0.25, 0.3) is 5.56 Å². The summed E-state index contributed by atoms with van der Waals surface area (Å²) in [5.41, 5.74) is -0.669. The van der Waals surface area contributed by atoms with Crippen LogP contribution in [0.15, 0.2) is 40.1 Å². The van der Waals surface area contributed by atoms with E-state index in [0.29, 0.717) is 26.6 Å². The lowest BCUT2D eigenvalue weighted by Gasteiger charge is -2.19. The van der Waals surface area contributed by atoms with Crippen molar-refractivity contribution >= 4 is 50.5 Å². The Bertz CT molecular complexity index is 1710. The summed E-state index contributed by atoms with van der Waals surface area (Å²) in [5.74, 6) is -1.97. The third-order valence-corrected chi connectivity index (χ3v) is 7.03. The van der Waals surface area contributed by atoms with E-state index in [9.17, 15) is 29.1 Å². The van der Waals surface area contributed by atoms with E-state index in [1.807, 2.05) is 0 Å². The van der Waals surface area contributed by atoms with Crippen LogP contribution in [0.4, 0.5) is 4.79 Å². The molecule has 3 heterocycles. The molecule has 0 bridgehead atoms. The summed E-state index contributed by atoms with van der Waals surface area (Å²) in [4.78, 5) is 63.4. The largest absolute Gasteiger partial charge is 0.480 e. The van der Waals surface area contributed by atoms with Crippen LogP contribution in [0.5, 0.6) is 0 Å². The molecule has 4 aromatic rings. The quantitative estimate of drug-likeness (QED) is 0.366. The first-order valence-electron chi connectivity index (χ1n) is 11.8. The van der Waals surface area contributed by atoms with Crippen LogP contribution in [-0.2, 0) is 27.4 Å². The van der Waals surface area contributed by atoms with Gasteiger partial charge in [-0.05, 0) is 63.9 Å². The van der Waals surface area contributed by atoms with Crippen molar-refractivity contribution in [1.29, 1.82) is 0 Å². The van der Waals surface area contributed by atoms with Gasteiger partial charge in [-0.3, -0.25) is 18.7 Å². The van der Waals surface area contributed by atoms with Crippen molar-refractivity contribution in [3.63, 3.8) is 0 Å². The Balaban J connectivity index is 1.85. The molecule has 38 heavy (non-hydrogen) atoms. The van der Waals surface area contributed by atoms with Gasteiger partial charge in [-0.2, -0.15) is 0 Å². The van der Waals surface area contributed by atoms with E-state index in [1.54, 1.807) is 65.1 Å². The van der Waals surface area contributed by atoms with Crippen molar-refractivity contribution in [3.8, 4) is 0 Å². The Hall–Kier alpha value is -4.19. The van der Waals surface area contributed by atoms with Crippen molar-refractivity contribution in [2.75, 3.05) is 6.61 Å². The number of aromatic nitrogens is 3. The number of aryl methyl sites for hydroxylation is 1. The molecule has 11 nitrogen and oxygen atoms in total. The number of thiophene rings is 1. The molecule has 0 saturated carbocycles. The molecular weight excluding hydrogens is 514 g/mol. The molecule has 1 aromatic carbocycles. The molecule has 0 aliphatic carbocycles. The number of benzene rings is 1. The highest BCUT2D eigenvalue weighted by Crippen LogP contribution is 2.29. The fourth-order valence-electron chi connectivity index (χ4n) is 4.14. The third-order valence-electron chi connectivity index (χ3n) is 5.73. The van der Waals surface area contributed by atoms with E-state index in [4.69, 9.17) is 9.47 Å². The predicted octanol–water partition coefficient (Wildman–Crippen LogP) is 3.58. The zero-order valence-electron chi connectivity index (χ0n) is 21.6. The first-order valence-corrected chi connectivity index (χ1v) is 12.6. The summed E-state index contributed by atoms with van der Waals surface area (Å²) in [6.07, 6.45) is 1.06. The summed E-state index contributed by atoms with van der Waals surface area (Å²) in [6, 6.07) is 6.96. The SMILES string of the molecule is CCOC(=O)c1sc2c(c1C)c(=O)n(CC(=O)O)c(=O)n2Cc1ccc2c(ccn2C(=O)OC(C)(C)C)c1. The predicted molar refractivity (Wildman–Crippen MR) is 141 cm³/mol. The molecule has 1 N–H and O–H groups in total. The van der Waals surface area contributed by atoms with Crippen LogP contribution in [-0.4, -0.2) is 49.0 Å². The Kier molecular flexibility index (Phi) is 7.02. The van der Waals surface area contributed by atoms with Gasteiger partial charge in [0.1, 0.15) is 21.9 Å². The van der Waals surface area contributed by atoms with Crippen LogP contribution in [0.3, 0.4) is 0 Å². The average Bonchev–Trinajstić information content (AvgIpc) is 3.39. The Labute approximate surface area is 220 Å². The third kappa shape index (κ3) is 4.99. The van der Waals surface area contributed by atoms with E-state index in [1.165, 1.54) is 9.13 Å². The number of hydrogen-bond donors (Lipinski definition) is 1. The van der Waals surface area contributed by atoms with E-state index in [2.05, 4.69) is 0 Å². The van der Waals surface area contributed by atoms with Crippen molar-refractivity contribution in [1.82, 2.24) is 13.7 Å². The van der Waals surface area contributed by atoms with Gasteiger partial charge < -0.3 is 14.6 Å². The van der Waals surface area contributed by atoms with Crippen LogP contribution >= 0.6 is 11.3 Å². The standard InChI is InChI=1S/C26H27N3O8S/c1-6-36-23(33)20-14(2)19-21(32)28(13-18(30)31)24(34)29(22(19)38-20)12-15-7-8-17-16(11-15)9-10-27(17)25(35)37-26(3,4)5/h7-11H,6,12-13H2,1-5H3,(H,30,31). The van der Waals surface area contributed by atoms with Gasteiger partial charge in [-0.25, -0.2) is 19.0 Å². The maximum absolute atomic E-state index is 13.3. The molecule has 0 radical (unpaired) electrons. The number of aliphatic carboxylic acids is 1. The fraction of sp³-hybridized carbons (Fsp3) is 0.346. The lowest BCUT2D eigenvalue weighted by atomic mass is 10.1. The number of hydrogen-bond acceptors (Lipinski definition) is 8. The molecule has 0 aliphatic rings. The van der Waals surface area contributed by atoms with E-state index >= 15 is 0 Å².